The summed E-state index contributed by atoms with van der Waals surface area (Å²) in [4.78, 5) is 9.92. The lowest BCUT2D eigenvalue weighted by Gasteiger charge is -2.09. The SMILES string of the molecule is Cc1ccc(-c2csc3ncnc(NCc4c(C)noc4C)c23)cc1C. The van der Waals surface area contributed by atoms with E-state index in [-0.39, 0.29) is 0 Å². The Kier molecular flexibility index (Phi) is 4.20. The molecular formula is C20H20N4OS. The van der Waals surface area contributed by atoms with E-state index in [0.717, 1.165) is 38.6 Å². The van der Waals surface area contributed by atoms with Crippen molar-refractivity contribution in [3.05, 3.63) is 58.1 Å². The Bertz CT molecular complexity index is 1080. The van der Waals surface area contributed by atoms with E-state index < -0.39 is 0 Å². The minimum atomic E-state index is 0.621. The molecule has 4 rings (SSSR count). The third-order valence-corrected chi connectivity index (χ3v) is 5.69. The van der Waals surface area contributed by atoms with Gasteiger partial charge in [0.1, 0.15) is 22.7 Å². The van der Waals surface area contributed by atoms with Crippen LogP contribution in [0, 0.1) is 27.7 Å². The van der Waals surface area contributed by atoms with Gasteiger partial charge in [-0.15, -0.1) is 11.3 Å². The second kappa shape index (κ2) is 6.53. The highest BCUT2D eigenvalue weighted by molar-refractivity contribution is 7.17. The van der Waals surface area contributed by atoms with E-state index >= 15 is 0 Å². The molecule has 0 bridgehead atoms. The fraction of sp³-hybridized carbons (Fsp3) is 0.250. The van der Waals surface area contributed by atoms with E-state index in [4.69, 9.17) is 4.52 Å². The second-order valence-corrected chi connectivity index (χ2v) is 7.37. The second-order valence-electron chi connectivity index (χ2n) is 6.51. The van der Waals surface area contributed by atoms with Gasteiger partial charge in [0.05, 0.1) is 11.1 Å². The minimum absolute atomic E-state index is 0.621. The molecule has 0 atom stereocenters. The number of anilines is 1. The largest absolute Gasteiger partial charge is 0.365 e. The highest BCUT2D eigenvalue weighted by Crippen LogP contribution is 2.37. The lowest BCUT2D eigenvalue weighted by molar-refractivity contribution is 0.392. The molecule has 3 heterocycles. The zero-order chi connectivity index (χ0) is 18.3. The third kappa shape index (κ3) is 2.86. The molecule has 0 amide bonds. The molecule has 0 fully saturated rings. The van der Waals surface area contributed by atoms with Gasteiger partial charge < -0.3 is 9.84 Å². The van der Waals surface area contributed by atoms with Crippen molar-refractivity contribution in [2.45, 2.75) is 34.2 Å². The molecule has 1 aromatic carbocycles. The smallest absolute Gasteiger partial charge is 0.139 e. The first kappa shape index (κ1) is 16.7. The maximum Gasteiger partial charge on any atom is 0.139 e. The molecule has 132 valence electrons. The summed E-state index contributed by atoms with van der Waals surface area (Å²) in [6.07, 6.45) is 1.61. The first-order valence-corrected chi connectivity index (χ1v) is 9.38. The fourth-order valence-corrected chi connectivity index (χ4v) is 3.97. The maximum absolute atomic E-state index is 5.25. The highest BCUT2D eigenvalue weighted by Gasteiger charge is 2.15. The zero-order valence-corrected chi connectivity index (χ0v) is 16.1. The van der Waals surface area contributed by atoms with Crippen molar-refractivity contribution in [3.8, 4) is 11.1 Å². The van der Waals surface area contributed by atoms with Gasteiger partial charge in [0.2, 0.25) is 0 Å². The number of fused-ring (bicyclic) bond motifs is 1. The maximum atomic E-state index is 5.25. The molecule has 0 saturated carbocycles. The molecule has 0 aliphatic rings. The van der Waals surface area contributed by atoms with Crippen molar-refractivity contribution < 1.29 is 4.52 Å². The van der Waals surface area contributed by atoms with Crippen molar-refractivity contribution in [3.63, 3.8) is 0 Å². The number of hydrogen-bond donors (Lipinski definition) is 1. The van der Waals surface area contributed by atoms with Crippen LogP contribution >= 0.6 is 11.3 Å². The summed E-state index contributed by atoms with van der Waals surface area (Å²) in [7, 11) is 0. The lowest BCUT2D eigenvalue weighted by Crippen LogP contribution is -2.04. The molecule has 0 spiro atoms. The summed E-state index contributed by atoms with van der Waals surface area (Å²) < 4.78 is 5.25. The molecule has 5 nitrogen and oxygen atoms in total. The normalized spacial score (nSPS) is 11.2. The van der Waals surface area contributed by atoms with Gasteiger partial charge in [-0.3, -0.25) is 0 Å². The number of rotatable bonds is 4. The standard InChI is InChI=1S/C20H20N4OS/c1-11-5-6-15(7-12(11)2)17-9-26-20-18(17)19(22-10-23-20)21-8-16-13(3)24-25-14(16)4/h5-7,9-10H,8H2,1-4H3,(H,21,22,23). The average Bonchev–Trinajstić information content (AvgIpc) is 3.20. The van der Waals surface area contributed by atoms with Gasteiger partial charge in [-0.25, -0.2) is 9.97 Å². The quantitative estimate of drug-likeness (QED) is 0.540. The van der Waals surface area contributed by atoms with Gasteiger partial charge in [-0.05, 0) is 44.4 Å². The Hall–Kier alpha value is -2.73. The molecule has 0 unspecified atom stereocenters. The number of aryl methyl sites for hydroxylation is 4. The number of aromatic nitrogens is 3. The Morgan fingerprint density at radius 2 is 1.92 bits per heavy atom. The van der Waals surface area contributed by atoms with Crippen LogP contribution in [-0.4, -0.2) is 15.1 Å². The van der Waals surface area contributed by atoms with Crippen LogP contribution in [-0.2, 0) is 6.54 Å². The molecule has 3 aromatic heterocycles. The molecule has 0 saturated heterocycles. The van der Waals surface area contributed by atoms with Crippen LogP contribution in [0.2, 0.25) is 0 Å². The molecule has 6 heteroatoms. The number of hydrogen-bond acceptors (Lipinski definition) is 6. The van der Waals surface area contributed by atoms with Gasteiger partial charge in [0, 0.05) is 23.1 Å². The monoisotopic (exact) mass is 364 g/mol. The van der Waals surface area contributed by atoms with Crippen molar-refractivity contribution >= 4 is 27.4 Å². The molecular weight excluding hydrogens is 344 g/mol. The van der Waals surface area contributed by atoms with Gasteiger partial charge in [-0.1, -0.05) is 23.4 Å². The van der Waals surface area contributed by atoms with E-state index in [2.05, 4.69) is 57.9 Å². The first-order valence-electron chi connectivity index (χ1n) is 8.50. The van der Waals surface area contributed by atoms with Crippen LogP contribution in [0.3, 0.4) is 0 Å². The lowest BCUT2D eigenvalue weighted by atomic mass is 10.0. The first-order chi connectivity index (χ1) is 12.5. The van der Waals surface area contributed by atoms with Crippen molar-refractivity contribution in [2.75, 3.05) is 5.32 Å². The summed E-state index contributed by atoms with van der Waals surface area (Å²) >= 11 is 1.64. The van der Waals surface area contributed by atoms with Crippen LogP contribution < -0.4 is 5.32 Å². The minimum Gasteiger partial charge on any atom is -0.365 e. The molecule has 0 aliphatic carbocycles. The van der Waals surface area contributed by atoms with Crippen LogP contribution in [0.15, 0.2) is 34.4 Å². The Morgan fingerprint density at radius 3 is 2.65 bits per heavy atom. The number of thiophene rings is 1. The number of benzene rings is 1. The van der Waals surface area contributed by atoms with Crippen LogP contribution in [0.1, 0.15) is 28.1 Å². The summed E-state index contributed by atoms with van der Waals surface area (Å²) in [5.74, 6) is 1.67. The van der Waals surface area contributed by atoms with Gasteiger partial charge in [0.15, 0.2) is 0 Å². The summed E-state index contributed by atoms with van der Waals surface area (Å²) in [6.45, 7) is 8.77. The number of nitrogens with zero attached hydrogens (tertiary/aromatic N) is 3. The molecule has 4 aromatic rings. The summed E-state index contributed by atoms with van der Waals surface area (Å²) in [5, 5.41) is 10.7. The predicted octanol–water partition coefficient (Wildman–Crippen LogP) is 5.19. The molecule has 0 radical (unpaired) electrons. The molecule has 0 aliphatic heterocycles. The van der Waals surface area contributed by atoms with Crippen LogP contribution in [0.4, 0.5) is 5.82 Å². The van der Waals surface area contributed by atoms with E-state index in [0.29, 0.717) is 6.54 Å². The van der Waals surface area contributed by atoms with E-state index in [1.165, 1.54) is 16.7 Å². The summed E-state index contributed by atoms with van der Waals surface area (Å²) in [6, 6.07) is 6.55. The van der Waals surface area contributed by atoms with E-state index in [1.54, 1.807) is 17.7 Å². The highest BCUT2D eigenvalue weighted by atomic mass is 32.1. The zero-order valence-electron chi connectivity index (χ0n) is 15.3. The van der Waals surface area contributed by atoms with Crippen molar-refractivity contribution in [1.29, 1.82) is 0 Å². The van der Waals surface area contributed by atoms with E-state index in [9.17, 15) is 0 Å². The van der Waals surface area contributed by atoms with Gasteiger partial charge >= 0.3 is 0 Å². The Balaban J connectivity index is 1.76. The van der Waals surface area contributed by atoms with Gasteiger partial charge in [-0.2, -0.15) is 0 Å². The Morgan fingerprint density at radius 1 is 1.08 bits per heavy atom. The molecule has 26 heavy (non-hydrogen) atoms. The van der Waals surface area contributed by atoms with Crippen molar-refractivity contribution in [1.82, 2.24) is 15.1 Å². The van der Waals surface area contributed by atoms with Crippen LogP contribution in [0.5, 0.6) is 0 Å². The fourth-order valence-electron chi connectivity index (χ4n) is 3.06. The summed E-state index contributed by atoms with van der Waals surface area (Å²) in [5.41, 5.74) is 6.90. The predicted molar refractivity (Wildman–Crippen MR) is 106 cm³/mol. The van der Waals surface area contributed by atoms with Crippen molar-refractivity contribution in [2.24, 2.45) is 0 Å². The topological polar surface area (TPSA) is 63.8 Å². The number of nitrogens with one attached hydrogen (secondary N) is 1. The Labute approximate surface area is 156 Å². The average molecular weight is 364 g/mol. The van der Waals surface area contributed by atoms with Gasteiger partial charge in [0.25, 0.3) is 0 Å². The van der Waals surface area contributed by atoms with E-state index in [1.807, 2.05) is 13.8 Å². The van der Waals surface area contributed by atoms with Crippen LogP contribution in [0.25, 0.3) is 21.3 Å². The third-order valence-electron chi connectivity index (χ3n) is 4.80. The molecule has 1 N–H and O–H groups in total.